The van der Waals surface area contributed by atoms with Crippen molar-refractivity contribution < 1.29 is 4.74 Å². The zero-order valence-corrected chi connectivity index (χ0v) is 17.3. The van der Waals surface area contributed by atoms with Crippen LogP contribution in [-0.2, 0) is 0 Å². The molecule has 1 heterocycles. The van der Waals surface area contributed by atoms with Crippen molar-refractivity contribution in [3.05, 3.63) is 71.9 Å². The minimum Gasteiger partial charge on any atom is -0.493 e. The fourth-order valence-electron chi connectivity index (χ4n) is 3.70. The molecule has 0 bridgehead atoms. The van der Waals surface area contributed by atoms with E-state index in [1.165, 1.54) is 38.2 Å². The largest absolute Gasteiger partial charge is 0.493 e. The van der Waals surface area contributed by atoms with Gasteiger partial charge in [0.05, 0.1) is 12.3 Å². The summed E-state index contributed by atoms with van der Waals surface area (Å²) in [7, 11) is 0. The molecule has 3 aromatic carbocycles. The molecule has 0 aliphatic carbocycles. The van der Waals surface area contributed by atoms with Gasteiger partial charge >= 0.3 is 0 Å². The molecule has 0 aliphatic rings. The van der Waals surface area contributed by atoms with Crippen LogP contribution in [0.3, 0.4) is 0 Å². The predicted molar refractivity (Wildman–Crippen MR) is 119 cm³/mol. The van der Waals surface area contributed by atoms with Gasteiger partial charge in [0, 0.05) is 17.1 Å². The van der Waals surface area contributed by atoms with Crippen molar-refractivity contribution in [2.75, 3.05) is 6.61 Å². The van der Waals surface area contributed by atoms with Crippen LogP contribution in [0, 0.1) is 19.3 Å². The Hall–Kier alpha value is -2.87. The molecule has 0 aliphatic heterocycles. The summed E-state index contributed by atoms with van der Waals surface area (Å²) in [5.74, 6) is 0.922. The summed E-state index contributed by atoms with van der Waals surface area (Å²) in [5.41, 5.74) is 4.88. The Labute approximate surface area is 167 Å². The predicted octanol–water partition coefficient (Wildman–Crippen LogP) is 7.10. The maximum absolute atomic E-state index is 6.00. The van der Waals surface area contributed by atoms with E-state index in [0.717, 1.165) is 11.4 Å². The van der Waals surface area contributed by atoms with Gasteiger partial charge in [-0.25, -0.2) is 0 Å². The lowest BCUT2D eigenvalue weighted by Gasteiger charge is -2.19. The number of aromatic nitrogens is 1. The first kappa shape index (κ1) is 18.5. The molecule has 28 heavy (non-hydrogen) atoms. The highest BCUT2D eigenvalue weighted by atomic mass is 16.5. The van der Waals surface area contributed by atoms with Crippen LogP contribution in [-0.4, -0.2) is 11.6 Å². The molecule has 4 aromatic rings. The van der Waals surface area contributed by atoms with Crippen molar-refractivity contribution in [2.24, 2.45) is 5.41 Å². The summed E-state index contributed by atoms with van der Waals surface area (Å²) in [6.07, 6.45) is 1.92. The van der Waals surface area contributed by atoms with Crippen LogP contribution < -0.4 is 4.74 Å². The van der Waals surface area contributed by atoms with Gasteiger partial charge < -0.3 is 4.74 Å². The van der Waals surface area contributed by atoms with E-state index in [1.807, 2.05) is 6.20 Å². The third-order valence-electron chi connectivity index (χ3n) is 4.90. The number of fused-ring (bicyclic) bond motifs is 3. The van der Waals surface area contributed by atoms with Crippen LogP contribution in [0.5, 0.6) is 5.75 Å². The summed E-state index contributed by atoms with van der Waals surface area (Å²) in [6, 6.07) is 19.5. The number of pyridine rings is 1. The first-order valence-corrected chi connectivity index (χ1v) is 9.83. The smallest absolute Gasteiger partial charge is 0.119 e. The Balaban J connectivity index is 1.82. The van der Waals surface area contributed by atoms with E-state index in [1.54, 1.807) is 0 Å². The van der Waals surface area contributed by atoms with Crippen molar-refractivity contribution in [1.29, 1.82) is 0 Å². The zero-order chi connectivity index (χ0) is 19.9. The first-order valence-electron chi connectivity index (χ1n) is 9.83. The molecule has 0 atom stereocenters. The van der Waals surface area contributed by atoms with Crippen molar-refractivity contribution in [2.45, 2.75) is 34.6 Å². The molecular formula is C26H27NO. The Morgan fingerprint density at radius 1 is 0.786 bits per heavy atom. The number of rotatable bonds is 3. The second kappa shape index (κ2) is 6.94. The number of hydrogen-bond donors (Lipinski definition) is 0. The number of hydrogen-bond acceptors (Lipinski definition) is 2. The maximum atomic E-state index is 6.00. The molecule has 0 unspecified atom stereocenters. The van der Waals surface area contributed by atoms with Crippen molar-refractivity contribution in [3.63, 3.8) is 0 Å². The van der Waals surface area contributed by atoms with Crippen LogP contribution in [0.25, 0.3) is 32.8 Å². The lowest BCUT2D eigenvalue weighted by Crippen LogP contribution is -2.16. The molecule has 2 nitrogen and oxygen atoms in total. The van der Waals surface area contributed by atoms with Crippen LogP contribution in [0.1, 0.15) is 31.9 Å². The van der Waals surface area contributed by atoms with E-state index in [4.69, 9.17) is 9.72 Å². The second-order valence-electron chi connectivity index (χ2n) is 8.93. The van der Waals surface area contributed by atoms with Gasteiger partial charge in [-0.3, -0.25) is 4.98 Å². The molecule has 0 amide bonds. The number of aryl methyl sites for hydroxylation is 2. The lowest BCUT2D eigenvalue weighted by atomic mass is 9.97. The van der Waals surface area contributed by atoms with Gasteiger partial charge in [-0.15, -0.1) is 0 Å². The molecule has 0 N–H and O–H groups in total. The molecule has 0 radical (unpaired) electrons. The van der Waals surface area contributed by atoms with Crippen LogP contribution in [0.4, 0.5) is 0 Å². The fraction of sp³-hybridized carbons (Fsp3) is 0.269. The molecular weight excluding hydrogens is 342 g/mol. The van der Waals surface area contributed by atoms with Gasteiger partial charge in [-0.05, 0) is 65.8 Å². The molecule has 142 valence electrons. The maximum Gasteiger partial charge on any atom is 0.119 e. The van der Waals surface area contributed by atoms with Gasteiger partial charge in [0.2, 0.25) is 0 Å². The highest BCUT2D eigenvalue weighted by molar-refractivity contribution is 6.11. The zero-order valence-electron chi connectivity index (χ0n) is 17.3. The van der Waals surface area contributed by atoms with Crippen molar-refractivity contribution in [1.82, 2.24) is 4.98 Å². The average Bonchev–Trinajstić information content (AvgIpc) is 2.64. The van der Waals surface area contributed by atoms with Crippen LogP contribution in [0.15, 0.2) is 60.8 Å². The van der Waals surface area contributed by atoms with Gasteiger partial charge in [-0.2, -0.15) is 0 Å². The molecule has 0 saturated carbocycles. The van der Waals surface area contributed by atoms with E-state index in [9.17, 15) is 0 Å². The molecule has 0 spiro atoms. The van der Waals surface area contributed by atoms with Gasteiger partial charge in [0.1, 0.15) is 5.75 Å². The van der Waals surface area contributed by atoms with E-state index >= 15 is 0 Å². The Bertz CT molecular complexity index is 1150. The highest BCUT2D eigenvalue weighted by Crippen LogP contribution is 2.34. The van der Waals surface area contributed by atoms with E-state index in [2.05, 4.69) is 89.2 Å². The SMILES string of the molecule is Cc1cc(C)cc(-c2nccc3c2ccc2cc(OCC(C)(C)C)ccc23)c1. The summed E-state index contributed by atoms with van der Waals surface area (Å²) in [4.78, 5) is 4.72. The van der Waals surface area contributed by atoms with Crippen molar-refractivity contribution in [3.8, 4) is 17.0 Å². The number of benzene rings is 3. The molecule has 0 saturated heterocycles. The summed E-state index contributed by atoms with van der Waals surface area (Å²) in [6.45, 7) is 11.5. The van der Waals surface area contributed by atoms with Gasteiger partial charge in [0.15, 0.2) is 0 Å². The summed E-state index contributed by atoms with van der Waals surface area (Å²) >= 11 is 0. The topological polar surface area (TPSA) is 22.1 Å². The summed E-state index contributed by atoms with van der Waals surface area (Å²) in [5, 5.41) is 4.83. The fourth-order valence-corrected chi connectivity index (χ4v) is 3.70. The Morgan fingerprint density at radius 2 is 1.50 bits per heavy atom. The van der Waals surface area contributed by atoms with Gasteiger partial charge in [0.25, 0.3) is 0 Å². The monoisotopic (exact) mass is 369 g/mol. The third kappa shape index (κ3) is 3.73. The van der Waals surface area contributed by atoms with Crippen LogP contribution in [0.2, 0.25) is 0 Å². The third-order valence-corrected chi connectivity index (χ3v) is 4.90. The van der Waals surface area contributed by atoms with E-state index in [0.29, 0.717) is 6.61 Å². The quantitative estimate of drug-likeness (QED) is 0.359. The standard InChI is InChI=1S/C26H27NO/c1-17-12-18(2)14-20(13-17)25-24-8-6-19-15-21(28-16-26(3,4)5)7-9-22(19)23(24)10-11-27-25/h6-15H,16H2,1-5H3. The average molecular weight is 370 g/mol. The van der Waals surface area contributed by atoms with Crippen LogP contribution >= 0.6 is 0 Å². The Morgan fingerprint density at radius 3 is 2.21 bits per heavy atom. The lowest BCUT2D eigenvalue weighted by molar-refractivity contribution is 0.198. The molecule has 1 aromatic heterocycles. The Kier molecular flexibility index (Phi) is 4.58. The van der Waals surface area contributed by atoms with E-state index in [-0.39, 0.29) is 5.41 Å². The molecule has 4 rings (SSSR count). The number of nitrogens with zero attached hydrogens (tertiary/aromatic N) is 1. The second-order valence-corrected chi connectivity index (χ2v) is 8.93. The number of ether oxygens (including phenoxy) is 1. The van der Waals surface area contributed by atoms with E-state index < -0.39 is 0 Å². The first-order chi connectivity index (χ1) is 13.3. The minimum atomic E-state index is 0.144. The normalized spacial score (nSPS) is 11.9. The van der Waals surface area contributed by atoms with Gasteiger partial charge in [-0.1, -0.05) is 56.2 Å². The van der Waals surface area contributed by atoms with Crippen molar-refractivity contribution >= 4 is 21.5 Å². The minimum absolute atomic E-state index is 0.144. The highest BCUT2D eigenvalue weighted by Gasteiger charge is 2.12. The molecule has 2 heteroatoms. The molecule has 0 fully saturated rings. The summed E-state index contributed by atoms with van der Waals surface area (Å²) < 4.78 is 6.00.